The van der Waals surface area contributed by atoms with Crippen LogP contribution in [0.25, 0.3) is 0 Å². The molecule has 3 atom stereocenters. The number of ketones is 1. The highest BCUT2D eigenvalue weighted by Crippen LogP contribution is 2.48. The number of carbonyl (C=O) groups excluding carboxylic acids is 2. The van der Waals surface area contributed by atoms with E-state index in [9.17, 15) is 9.59 Å². The Bertz CT molecular complexity index is 706. The van der Waals surface area contributed by atoms with Crippen molar-refractivity contribution < 1.29 is 19.1 Å². The van der Waals surface area contributed by atoms with E-state index in [2.05, 4.69) is 0 Å². The summed E-state index contributed by atoms with van der Waals surface area (Å²) in [5.74, 6) is -0.196. The highest BCUT2D eigenvalue weighted by molar-refractivity contribution is 5.99. The zero-order chi connectivity index (χ0) is 16.4. The summed E-state index contributed by atoms with van der Waals surface area (Å²) in [5.41, 5.74) is 1.91. The van der Waals surface area contributed by atoms with Gasteiger partial charge in [-0.2, -0.15) is 0 Å². The minimum atomic E-state index is -0.706. The van der Waals surface area contributed by atoms with Crippen molar-refractivity contribution in [2.24, 2.45) is 0 Å². The summed E-state index contributed by atoms with van der Waals surface area (Å²) >= 11 is 0. The van der Waals surface area contributed by atoms with E-state index in [0.717, 1.165) is 16.9 Å². The van der Waals surface area contributed by atoms with Crippen LogP contribution in [0.3, 0.4) is 0 Å². The maximum absolute atomic E-state index is 12.5. The third kappa shape index (κ3) is 2.84. The minimum absolute atomic E-state index is 0.0563. The molecule has 0 aliphatic heterocycles. The lowest BCUT2D eigenvalue weighted by Gasteiger charge is -2.42. The van der Waals surface area contributed by atoms with Crippen molar-refractivity contribution in [3.8, 4) is 5.75 Å². The molecule has 0 spiro atoms. The van der Waals surface area contributed by atoms with Gasteiger partial charge in [-0.15, -0.1) is 0 Å². The standard InChI is InChI=1S/C19H18O4/c1-12(20)23-19-17(13-6-4-3-5-7-13)16(18(19)21)14-8-10-15(22-2)11-9-14/h3-11,16-17,19H,1-2H3. The van der Waals surface area contributed by atoms with Gasteiger partial charge in [0.1, 0.15) is 5.75 Å². The fourth-order valence-corrected chi connectivity index (χ4v) is 3.12. The van der Waals surface area contributed by atoms with Gasteiger partial charge in [-0.1, -0.05) is 42.5 Å². The molecule has 0 aromatic heterocycles. The van der Waals surface area contributed by atoms with Crippen molar-refractivity contribution >= 4 is 11.8 Å². The maximum atomic E-state index is 12.5. The van der Waals surface area contributed by atoms with Crippen LogP contribution in [0.4, 0.5) is 0 Å². The largest absolute Gasteiger partial charge is 0.497 e. The first-order chi connectivity index (χ1) is 11.1. The lowest BCUT2D eigenvalue weighted by atomic mass is 9.63. The number of hydrogen-bond acceptors (Lipinski definition) is 4. The lowest BCUT2D eigenvalue weighted by molar-refractivity contribution is -0.163. The van der Waals surface area contributed by atoms with Gasteiger partial charge in [-0.05, 0) is 23.3 Å². The number of benzene rings is 2. The number of methoxy groups -OCH3 is 1. The molecule has 3 rings (SSSR count). The first-order valence-corrected chi connectivity index (χ1v) is 7.51. The molecule has 0 saturated heterocycles. The highest BCUT2D eigenvalue weighted by Gasteiger charge is 2.53. The molecule has 0 N–H and O–H groups in total. The number of esters is 1. The van der Waals surface area contributed by atoms with Crippen molar-refractivity contribution in [3.63, 3.8) is 0 Å². The zero-order valence-corrected chi connectivity index (χ0v) is 13.1. The number of hydrogen-bond donors (Lipinski definition) is 0. The summed E-state index contributed by atoms with van der Waals surface area (Å²) in [6.45, 7) is 1.33. The van der Waals surface area contributed by atoms with E-state index in [0.29, 0.717) is 0 Å². The lowest BCUT2D eigenvalue weighted by Crippen LogP contribution is -2.50. The molecule has 23 heavy (non-hydrogen) atoms. The first kappa shape index (κ1) is 15.3. The minimum Gasteiger partial charge on any atom is -0.497 e. The summed E-state index contributed by atoms with van der Waals surface area (Å²) in [4.78, 5) is 23.8. The quantitative estimate of drug-likeness (QED) is 0.814. The average molecular weight is 310 g/mol. The van der Waals surface area contributed by atoms with Crippen LogP contribution >= 0.6 is 0 Å². The van der Waals surface area contributed by atoms with E-state index >= 15 is 0 Å². The number of carbonyl (C=O) groups is 2. The molecule has 4 nitrogen and oxygen atoms in total. The van der Waals surface area contributed by atoms with Crippen LogP contribution in [0, 0.1) is 0 Å². The Morgan fingerprint density at radius 3 is 2.17 bits per heavy atom. The van der Waals surface area contributed by atoms with Gasteiger partial charge in [0.2, 0.25) is 0 Å². The Balaban J connectivity index is 1.94. The summed E-state index contributed by atoms with van der Waals surface area (Å²) < 4.78 is 10.4. The topological polar surface area (TPSA) is 52.6 Å². The van der Waals surface area contributed by atoms with E-state index in [1.165, 1.54) is 6.92 Å². The fourth-order valence-electron chi connectivity index (χ4n) is 3.12. The maximum Gasteiger partial charge on any atom is 0.303 e. The zero-order valence-electron chi connectivity index (χ0n) is 13.1. The van der Waals surface area contributed by atoms with Gasteiger partial charge in [0.25, 0.3) is 0 Å². The van der Waals surface area contributed by atoms with E-state index in [-0.39, 0.29) is 17.6 Å². The molecular weight excluding hydrogens is 292 g/mol. The Morgan fingerprint density at radius 1 is 0.957 bits per heavy atom. The third-order valence-electron chi connectivity index (χ3n) is 4.22. The van der Waals surface area contributed by atoms with Crippen molar-refractivity contribution in [2.45, 2.75) is 24.9 Å². The third-order valence-corrected chi connectivity index (χ3v) is 4.22. The molecule has 4 heteroatoms. The van der Waals surface area contributed by atoms with Crippen LogP contribution in [0.15, 0.2) is 54.6 Å². The molecule has 0 bridgehead atoms. The number of rotatable bonds is 4. The summed E-state index contributed by atoms with van der Waals surface area (Å²) in [6, 6.07) is 17.2. The second-order valence-electron chi connectivity index (χ2n) is 5.62. The van der Waals surface area contributed by atoms with Gasteiger partial charge in [0.05, 0.1) is 13.0 Å². The molecule has 1 saturated carbocycles. The van der Waals surface area contributed by atoms with Crippen LogP contribution < -0.4 is 4.74 Å². The van der Waals surface area contributed by atoms with E-state index in [4.69, 9.17) is 9.47 Å². The molecule has 118 valence electrons. The average Bonchev–Trinajstić information content (AvgIpc) is 2.58. The second-order valence-corrected chi connectivity index (χ2v) is 5.62. The van der Waals surface area contributed by atoms with Gasteiger partial charge >= 0.3 is 5.97 Å². The van der Waals surface area contributed by atoms with Crippen molar-refractivity contribution in [1.82, 2.24) is 0 Å². The SMILES string of the molecule is COc1ccc(C2C(=O)C(OC(C)=O)C2c2ccccc2)cc1. The van der Waals surface area contributed by atoms with Gasteiger partial charge < -0.3 is 9.47 Å². The molecule has 1 fully saturated rings. The van der Waals surface area contributed by atoms with Crippen LogP contribution in [0.1, 0.15) is 29.9 Å². The fraction of sp³-hybridized carbons (Fsp3) is 0.263. The smallest absolute Gasteiger partial charge is 0.303 e. The first-order valence-electron chi connectivity index (χ1n) is 7.51. The van der Waals surface area contributed by atoms with Crippen molar-refractivity contribution in [2.75, 3.05) is 7.11 Å². The van der Waals surface area contributed by atoms with Gasteiger partial charge in [0.15, 0.2) is 11.9 Å². The molecule has 3 unspecified atom stereocenters. The Hall–Kier alpha value is -2.62. The molecule has 2 aromatic carbocycles. The monoisotopic (exact) mass is 310 g/mol. The highest BCUT2D eigenvalue weighted by atomic mass is 16.5. The molecule has 0 radical (unpaired) electrons. The summed E-state index contributed by atoms with van der Waals surface area (Å²) in [5, 5.41) is 0. The molecule has 0 heterocycles. The molecule has 0 amide bonds. The molecule has 2 aromatic rings. The summed E-state index contributed by atoms with van der Waals surface area (Å²) in [7, 11) is 1.60. The van der Waals surface area contributed by atoms with Gasteiger partial charge in [0, 0.05) is 12.8 Å². The van der Waals surface area contributed by atoms with Crippen LogP contribution in [-0.4, -0.2) is 25.0 Å². The molecule has 1 aliphatic carbocycles. The summed E-state index contributed by atoms with van der Waals surface area (Å²) in [6.07, 6.45) is -0.706. The van der Waals surface area contributed by atoms with E-state index in [1.807, 2.05) is 54.6 Å². The van der Waals surface area contributed by atoms with E-state index in [1.54, 1.807) is 7.11 Å². The van der Waals surface area contributed by atoms with Gasteiger partial charge in [-0.3, -0.25) is 9.59 Å². The predicted molar refractivity (Wildman–Crippen MR) is 85.5 cm³/mol. The van der Waals surface area contributed by atoms with Crippen molar-refractivity contribution in [3.05, 3.63) is 65.7 Å². The van der Waals surface area contributed by atoms with Crippen LogP contribution in [0.2, 0.25) is 0 Å². The predicted octanol–water partition coefficient (Wildman–Crippen LogP) is 3.08. The van der Waals surface area contributed by atoms with Gasteiger partial charge in [-0.25, -0.2) is 0 Å². The van der Waals surface area contributed by atoms with E-state index < -0.39 is 12.1 Å². The Kier molecular flexibility index (Phi) is 4.15. The Labute approximate surface area is 135 Å². The van der Waals surface area contributed by atoms with Crippen LogP contribution in [-0.2, 0) is 14.3 Å². The number of Topliss-reactive ketones (excluding diaryl/α,β-unsaturated/α-hetero) is 1. The Morgan fingerprint density at radius 2 is 1.61 bits per heavy atom. The normalized spacial score (nSPS) is 23.0. The van der Waals surface area contributed by atoms with Crippen LogP contribution in [0.5, 0.6) is 5.75 Å². The molecule has 1 aliphatic rings. The molecular formula is C19H18O4. The number of ether oxygens (including phenoxy) is 2. The van der Waals surface area contributed by atoms with Crippen molar-refractivity contribution in [1.29, 1.82) is 0 Å². The second kappa shape index (κ2) is 6.24.